The largest absolute Gasteiger partial charge is 0.464 e. The minimum absolute atomic E-state index is 0.953. The lowest BCUT2D eigenvalue weighted by Gasteiger charge is -1.88. The van der Waals surface area contributed by atoms with Crippen molar-refractivity contribution in [1.82, 2.24) is 0 Å². The van der Waals surface area contributed by atoms with Crippen molar-refractivity contribution in [2.75, 3.05) is 0 Å². The Morgan fingerprint density at radius 1 is 1.25 bits per heavy atom. The molecule has 0 spiro atoms. The van der Waals surface area contributed by atoms with Crippen molar-refractivity contribution in [1.29, 1.82) is 0 Å². The summed E-state index contributed by atoms with van der Waals surface area (Å²) in [4.78, 5) is 0. The number of hydrogen-bond acceptors (Lipinski definition) is 2. The highest BCUT2D eigenvalue weighted by molar-refractivity contribution is 7.16. The molecule has 0 N–H and O–H groups in total. The Hall–Kier alpha value is -1.28. The van der Waals surface area contributed by atoms with Crippen LogP contribution in [0.3, 0.4) is 0 Å². The highest BCUT2D eigenvalue weighted by atomic mass is 32.1. The van der Waals surface area contributed by atoms with E-state index in [1.165, 1.54) is 15.5 Å². The first-order valence-corrected chi connectivity index (χ1v) is 4.52. The average Bonchev–Trinajstić information content (AvgIpc) is 2.64. The van der Waals surface area contributed by atoms with Gasteiger partial charge in [-0.15, -0.1) is 11.3 Å². The van der Waals surface area contributed by atoms with Crippen molar-refractivity contribution in [3.8, 4) is 0 Å². The summed E-state index contributed by atoms with van der Waals surface area (Å²) in [5, 5.41) is 5.48. The molecule has 0 saturated heterocycles. The topological polar surface area (TPSA) is 13.1 Å². The van der Waals surface area contributed by atoms with E-state index in [-0.39, 0.29) is 0 Å². The molecule has 3 rings (SSSR count). The Labute approximate surface area is 73.2 Å². The Morgan fingerprint density at radius 2 is 2.25 bits per heavy atom. The molecule has 1 aromatic carbocycles. The Bertz CT molecular complexity index is 442. The van der Waals surface area contributed by atoms with Crippen LogP contribution in [0.15, 0.2) is 34.9 Å². The Balaban J connectivity index is 2.62. The number of fused-ring (bicyclic) bond motifs is 2. The van der Waals surface area contributed by atoms with Gasteiger partial charge in [0.05, 0.1) is 6.26 Å². The van der Waals surface area contributed by atoms with E-state index in [9.17, 15) is 0 Å². The number of benzene rings is 1. The Morgan fingerprint density at radius 3 is 3.25 bits per heavy atom. The molecule has 0 bridgehead atoms. The van der Waals surface area contributed by atoms with Gasteiger partial charge >= 0.3 is 0 Å². The lowest BCUT2D eigenvalue weighted by Crippen LogP contribution is -1.62. The van der Waals surface area contributed by atoms with Gasteiger partial charge < -0.3 is 4.42 Å². The van der Waals surface area contributed by atoms with Gasteiger partial charge in [-0.1, -0.05) is 0 Å². The van der Waals surface area contributed by atoms with Crippen LogP contribution >= 0.6 is 11.3 Å². The number of thiophene rings is 1. The van der Waals surface area contributed by atoms with Crippen molar-refractivity contribution in [2.24, 2.45) is 0 Å². The molecule has 0 aliphatic carbocycles. The third-order valence-corrected chi connectivity index (χ3v) is 2.78. The van der Waals surface area contributed by atoms with Crippen LogP contribution in [-0.2, 0) is 0 Å². The zero-order chi connectivity index (χ0) is 7.97. The summed E-state index contributed by atoms with van der Waals surface area (Å²) in [5.41, 5.74) is 0.953. The second-order valence-electron chi connectivity index (χ2n) is 2.71. The van der Waals surface area contributed by atoms with Gasteiger partial charge in [0, 0.05) is 15.5 Å². The molecule has 2 heteroatoms. The molecule has 1 radical (unpaired) electrons. The maximum absolute atomic E-state index is 5.29. The highest BCUT2D eigenvalue weighted by Crippen LogP contribution is 2.26. The predicted octanol–water partition coefficient (Wildman–Crippen LogP) is 3.45. The fraction of sp³-hybridized carbons (Fsp3) is 0. The van der Waals surface area contributed by atoms with Crippen LogP contribution in [0.25, 0.3) is 21.1 Å². The maximum Gasteiger partial charge on any atom is 0.134 e. The number of furan rings is 1. The van der Waals surface area contributed by atoms with Crippen LogP contribution in [0.2, 0.25) is 0 Å². The van der Waals surface area contributed by atoms with Gasteiger partial charge in [-0.25, -0.2) is 0 Å². The molecule has 3 aromatic rings. The van der Waals surface area contributed by atoms with Gasteiger partial charge in [0.25, 0.3) is 0 Å². The van der Waals surface area contributed by atoms with E-state index in [0.29, 0.717) is 0 Å². The molecule has 2 aromatic heterocycles. The molecule has 0 saturated carbocycles. The van der Waals surface area contributed by atoms with Crippen LogP contribution < -0.4 is 0 Å². The van der Waals surface area contributed by atoms with Gasteiger partial charge in [0.2, 0.25) is 0 Å². The maximum atomic E-state index is 5.29. The third-order valence-electron chi connectivity index (χ3n) is 1.97. The predicted molar refractivity (Wildman–Crippen MR) is 50.4 cm³/mol. The summed E-state index contributed by atoms with van der Waals surface area (Å²) in [6.07, 6.45) is 1.72. The quantitative estimate of drug-likeness (QED) is 0.507. The van der Waals surface area contributed by atoms with E-state index in [1.807, 2.05) is 12.1 Å². The average molecular weight is 173 g/mol. The normalized spacial score (nSPS) is 11.3. The van der Waals surface area contributed by atoms with Crippen LogP contribution in [-0.4, -0.2) is 0 Å². The van der Waals surface area contributed by atoms with E-state index in [4.69, 9.17) is 4.42 Å². The first-order chi connectivity index (χ1) is 5.93. The second-order valence-corrected chi connectivity index (χ2v) is 3.59. The van der Waals surface area contributed by atoms with Gasteiger partial charge in [-0.3, -0.25) is 0 Å². The molecule has 0 atom stereocenters. The first kappa shape index (κ1) is 6.26. The standard InChI is InChI=1S/C10H5OS/c1-3-11-9-5-8-2-4-12-10(8)6-7(1)9/h1-3,5-6H. The molecule has 0 amide bonds. The van der Waals surface area contributed by atoms with Crippen LogP contribution in [0.1, 0.15) is 0 Å². The molecule has 1 nitrogen and oxygen atoms in total. The number of hydrogen-bond donors (Lipinski definition) is 0. The monoisotopic (exact) mass is 173 g/mol. The zero-order valence-electron chi connectivity index (χ0n) is 6.20. The second kappa shape index (κ2) is 2.11. The van der Waals surface area contributed by atoms with Crippen molar-refractivity contribution in [2.45, 2.75) is 0 Å². The summed E-state index contributed by atoms with van der Waals surface area (Å²) in [7, 11) is 0. The number of rotatable bonds is 0. The molecule has 12 heavy (non-hydrogen) atoms. The van der Waals surface area contributed by atoms with Gasteiger partial charge in [-0.05, 0) is 29.7 Å². The lowest BCUT2D eigenvalue weighted by atomic mass is 10.2. The lowest BCUT2D eigenvalue weighted by molar-refractivity contribution is 0.616. The molecule has 2 heterocycles. The van der Waals surface area contributed by atoms with E-state index in [1.54, 1.807) is 17.6 Å². The molecular formula is C10H5OS. The summed E-state index contributed by atoms with van der Waals surface area (Å²) >= 11 is 1.64. The third kappa shape index (κ3) is 0.728. The zero-order valence-corrected chi connectivity index (χ0v) is 7.02. The van der Waals surface area contributed by atoms with E-state index >= 15 is 0 Å². The molecule has 0 aliphatic heterocycles. The van der Waals surface area contributed by atoms with Crippen LogP contribution in [0, 0.1) is 5.38 Å². The van der Waals surface area contributed by atoms with Crippen LogP contribution in [0.4, 0.5) is 0 Å². The summed E-state index contributed by atoms with van der Waals surface area (Å²) in [5.74, 6) is 0. The summed E-state index contributed by atoms with van der Waals surface area (Å²) < 4.78 is 6.55. The van der Waals surface area contributed by atoms with Gasteiger partial charge in [-0.2, -0.15) is 0 Å². The van der Waals surface area contributed by atoms with E-state index in [0.717, 1.165) is 5.58 Å². The van der Waals surface area contributed by atoms with E-state index in [2.05, 4.69) is 17.5 Å². The SMILES string of the molecule is [c]1cc2cc3occc3cc2s1. The first-order valence-electron chi connectivity index (χ1n) is 3.70. The molecular weight excluding hydrogens is 168 g/mol. The molecule has 0 aliphatic rings. The van der Waals surface area contributed by atoms with Crippen molar-refractivity contribution in [3.63, 3.8) is 0 Å². The minimum Gasteiger partial charge on any atom is -0.464 e. The fourth-order valence-electron chi connectivity index (χ4n) is 1.36. The van der Waals surface area contributed by atoms with E-state index < -0.39 is 0 Å². The van der Waals surface area contributed by atoms with Crippen molar-refractivity contribution < 1.29 is 4.42 Å². The highest BCUT2D eigenvalue weighted by Gasteiger charge is 2.00. The van der Waals surface area contributed by atoms with Crippen LogP contribution in [0.5, 0.6) is 0 Å². The van der Waals surface area contributed by atoms with Gasteiger partial charge in [0.15, 0.2) is 0 Å². The molecule has 0 unspecified atom stereocenters. The summed E-state index contributed by atoms with van der Waals surface area (Å²) in [6, 6.07) is 8.16. The van der Waals surface area contributed by atoms with Crippen molar-refractivity contribution >= 4 is 32.4 Å². The summed E-state index contributed by atoms with van der Waals surface area (Å²) in [6.45, 7) is 0. The smallest absolute Gasteiger partial charge is 0.134 e. The van der Waals surface area contributed by atoms with Crippen molar-refractivity contribution in [3.05, 3.63) is 35.9 Å². The van der Waals surface area contributed by atoms with Gasteiger partial charge in [0.1, 0.15) is 5.58 Å². The molecule has 0 fully saturated rings. The Kier molecular flexibility index (Phi) is 1.10. The minimum atomic E-state index is 0.953. The molecule has 57 valence electrons. The fourth-order valence-corrected chi connectivity index (χ4v) is 2.10.